The number of amides is 1. The molecule has 1 amide bonds. The van der Waals surface area contributed by atoms with Gasteiger partial charge in [0, 0.05) is 19.2 Å². The fraction of sp³-hybridized carbons (Fsp3) is 0.316. The lowest BCUT2D eigenvalue weighted by Crippen LogP contribution is -2.26. The summed E-state index contributed by atoms with van der Waals surface area (Å²) >= 11 is 0. The van der Waals surface area contributed by atoms with E-state index in [1.165, 1.54) is 7.05 Å². The van der Waals surface area contributed by atoms with Gasteiger partial charge in [-0.3, -0.25) is 9.10 Å². The first kappa shape index (κ1) is 19.8. The van der Waals surface area contributed by atoms with Crippen LogP contribution in [0.2, 0.25) is 0 Å². The molecule has 0 aromatic heterocycles. The van der Waals surface area contributed by atoms with Crippen molar-refractivity contribution in [2.45, 2.75) is 26.5 Å². The Bertz CT molecular complexity index is 861. The number of sulfonamides is 1. The Hall–Kier alpha value is -2.54. The molecule has 0 saturated heterocycles. The molecular weight excluding hydrogens is 352 g/mol. The van der Waals surface area contributed by atoms with Crippen molar-refractivity contribution in [3.8, 4) is 5.75 Å². The number of ether oxygens (including phenoxy) is 1. The van der Waals surface area contributed by atoms with Crippen molar-refractivity contribution in [1.29, 1.82) is 0 Å². The van der Waals surface area contributed by atoms with E-state index in [1.54, 1.807) is 24.3 Å². The number of nitrogens with one attached hydrogen (secondary N) is 1. The van der Waals surface area contributed by atoms with Gasteiger partial charge in [-0.25, -0.2) is 8.42 Å². The van der Waals surface area contributed by atoms with E-state index in [-0.39, 0.29) is 12.0 Å². The first-order valence-electron chi connectivity index (χ1n) is 8.24. The third-order valence-electron chi connectivity index (χ3n) is 3.72. The van der Waals surface area contributed by atoms with Gasteiger partial charge >= 0.3 is 0 Å². The van der Waals surface area contributed by atoms with Gasteiger partial charge in [0.25, 0.3) is 5.91 Å². The average Bonchev–Trinajstić information content (AvgIpc) is 2.59. The van der Waals surface area contributed by atoms with Crippen molar-refractivity contribution in [2.24, 2.45) is 0 Å². The Kier molecular flexibility index (Phi) is 6.26. The molecule has 2 rings (SSSR count). The lowest BCUT2D eigenvalue weighted by Gasteiger charge is -2.17. The summed E-state index contributed by atoms with van der Waals surface area (Å²) in [5.74, 6) is 0.517. The van der Waals surface area contributed by atoms with Crippen LogP contribution in [-0.4, -0.2) is 33.7 Å². The fourth-order valence-electron chi connectivity index (χ4n) is 2.28. The number of carbonyl (C=O) groups is 1. The van der Waals surface area contributed by atoms with Gasteiger partial charge in [-0.05, 0) is 49.7 Å². The molecule has 0 saturated carbocycles. The Morgan fingerprint density at radius 1 is 1.15 bits per heavy atom. The Morgan fingerprint density at radius 3 is 2.38 bits per heavy atom. The maximum Gasteiger partial charge on any atom is 0.251 e. The van der Waals surface area contributed by atoms with Gasteiger partial charge < -0.3 is 10.1 Å². The van der Waals surface area contributed by atoms with Gasteiger partial charge in [-0.15, -0.1) is 0 Å². The van der Waals surface area contributed by atoms with Crippen LogP contribution in [-0.2, 0) is 16.6 Å². The van der Waals surface area contributed by atoms with E-state index in [1.807, 2.05) is 38.1 Å². The smallest absolute Gasteiger partial charge is 0.251 e. The highest BCUT2D eigenvalue weighted by molar-refractivity contribution is 7.92. The lowest BCUT2D eigenvalue weighted by atomic mass is 10.1. The van der Waals surface area contributed by atoms with E-state index in [0.717, 1.165) is 21.9 Å². The first-order valence-corrected chi connectivity index (χ1v) is 10.1. The monoisotopic (exact) mass is 376 g/mol. The molecule has 2 aromatic rings. The number of nitrogens with zero attached hydrogens (tertiary/aromatic N) is 1. The minimum atomic E-state index is -3.38. The Morgan fingerprint density at radius 2 is 1.81 bits per heavy atom. The molecule has 0 aliphatic heterocycles. The Labute approximate surface area is 154 Å². The predicted molar refractivity (Wildman–Crippen MR) is 103 cm³/mol. The summed E-state index contributed by atoms with van der Waals surface area (Å²) in [5.41, 5.74) is 1.78. The third-order valence-corrected chi connectivity index (χ3v) is 4.92. The molecule has 0 fully saturated rings. The number of hydrogen-bond donors (Lipinski definition) is 1. The third kappa shape index (κ3) is 5.49. The number of rotatable bonds is 7. The second-order valence-electron chi connectivity index (χ2n) is 6.27. The molecule has 0 atom stereocenters. The summed E-state index contributed by atoms with van der Waals surface area (Å²) in [7, 11) is -1.93. The van der Waals surface area contributed by atoms with Crippen LogP contribution in [0.15, 0.2) is 48.5 Å². The van der Waals surface area contributed by atoms with Crippen LogP contribution in [0.25, 0.3) is 0 Å². The van der Waals surface area contributed by atoms with Gasteiger partial charge in [0.1, 0.15) is 5.75 Å². The minimum absolute atomic E-state index is 0.109. The van der Waals surface area contributed by atoms with E-state index in [9.17, 15) is 13.2 Å². The van der Waals surface area contributed by atoms with Crippen LogP contribution in [0, 0.1) is 0 Å². The molecule has 140 valence electrons. The summed E-state index contributed by atoms with van der Waals surface area (Å²) in [4.78, 5) is 12.4. The summed E-state index contributed by atoms with van der Waals surface area (Å²) in [5, 5.41) is 2.83. The van der Waals surface area contributed by atoms with Crippen LogP contribution < -0.4 is 14.4 Å². The summed E-state index contributed by atoms with van der Waals surface area (Å²) < 4.78 is 30.0. The second-order valence-corrected chi connectivity index (χ2v) is 8.29. The van der Waals surface area contributed by atoms with Crippen LogP contribution in [0.5, 0.6) is 5.75 Å². The van der Waals surface area contributed by atoms with Crippen molar-refractivity contribution in [3.05, 3.63) is 59.7 Å². The van der Waals surface area contributed by atoms with E-state index in [2.05, 4.69) is 5.32 Å². The first-order chi connectivity index (χ1) is 12.2. The zero-order valence-corrected chi connectivity index (χ0v) is 16.2. The van der Waals surface area contributed by atoms with Gasteiger partial charge in [0.15, 0.2) is 0 Å². The quantitative estimate of drug-likeness (QED) is 0.806. The van der Waals surface area contributed by atoms with Crippen molar-refractivity contribution in [1.82, 2.24) is 5.32 Å². The predicted octanol–water partition coefficient (Wildman–Crippen LogP) is 2.80. The average molecular weight is 376 g/mol. The number of anilines is 1. The SMILES string of the molecule is CC(C)Oc1ccc(CNC(=O)c2cccc(N(C)S(C)(=O)=O)c2)cc1. The molecule has 0 heterocycles. The van der Waals surface area contributed by atoms with E-state index < -0.39 is 10.0 Å². The number of hydrogen-bond acceptors (Lipinski definition) is 4. The molecular formula is C19H24N2O4S. The molecule has 0 aliphatic rings. The Balaban J connectivity index is 2.02. The summed E-state index contributed by atoms with van der Waals surface area (Å²) in [6.45, 7) is 4.29. The van der Waals surface area contributed by atoms with E-state index in [0.29, 0.717) is 17.8 Å². The highest BCUT2D eigenvalue weighted by Crippen LogP contribution is 2.18. The molecule has 0 spiro atoms. The molecule has 0 radical (unpaired) electrons. The number of carbonyl (C=O) groups excluding carboxylic acids is 1. The number of benzene rings is 2. The van der Waals surface area contributed by atoms with Gasteiger partial charge in [-0.1, -0.05) is 18.2 Å². The van der Waals surface area contributed by atoms with Gasteiger partial charge in [0.2, 0.25) is 10.0 Å². The van der Waals surface area contributed by atoms with E-state index >= 15 is 0 Å². The van der Waals surface area contributed by atoms with Crippen LogP contribution >= 0.6 is 0 Å². The second kappa shape index (κ2) is 8.23. The fourth-order valence-corrected chi connectivity index (χ4v) is 2.77. The molecule has 7 heteroatoms. The van der Waals surface area contributed by atoms with Gasteiger partial charge in [0.05, 0.1) is 18.0 Å². The topological polar surface area (TPSA) is 75.7 Å². The van der Waals surface area contributed by atoms with Crippen LogP contribution in [0.4, 0.5) is 5.69 Å². The minimum Gasteiger partial charge on any atom is -0.491 e. The van der Waals surface area contributed by atoms with Crippen LogP contribution in [0.3, 0.4) is 0 Å². The normalized spacial score (nSPS) is 11.3. The molecule has 2 aromatic carbocycles. The highest BCUT2D eigenvalue weighted by atomic mass is 32.2. The van der Waals surface area contributed by atoms with Crippen molar-refractivity contribution in [3.63, 3.8) is 0 Å². The van der Waals surface area contributed by atoms with E-state index in [4.69, 9.17) is 4.74 Å². The van der Waals surface area contributed by atoms with Crippen molar-refractivity contribution in [2.75, 3.05) is 17.6 Å². The standard InChI is InChI=1S/C19H24N2O4S/c1-14(2)25-18-10-8-15(9-11-18)13-20-19(22)16-6-5-7-17(12-16)21(3)26(4,23)24/h5-12,14H,13H2,1-4H3,(H,20,22). The molecule has 0 unspecified atom stereocenters. The molecule has 1 N–H and O–H groups in total. The largest absolute Gasteiger partial charge is 0.491 e. The zero-order valence-electron chi connectivity index (χ0n) is 15.4. The zero-order chi connectivity index (χ0) is 19.3. The van der Waals surface area contributed by atoms with Crippen molar-refractivity contribution >= 4 is 21.6 Å². The van der Waals surface area contributed by atoms with Crippen molar-refractivity contribution < 1.29 is 17.9 Å². The maximum atomic E-state index is 12.4. The maximum absolute atomic E-state index is 12.4. The highest BCUT2D eigenvalue weighted by Gasteiger charge is 2.14. The summed E-state index contributed by atoms with van der Waals surface area (Å²) in [6.07, 6.45) is 1.23. The molecule has 6 nitrogen and oxygen atoms in total. The molecule has 26 heavy (non-hydrogen) atoms. The lowest BCUT2D eigenvalue weighted by molar-refractivity contribution is 0.0951. The van der Waals surface area contributed by atoms with Gasteiger partial charge in [-0.2, -0.15) is 0 Å². The summed E-state index contributed by atoms with van der Waals surface area (Å²) in [6, 6.07) is 14.0. The molecule has 0 bridgehead atoms. The molecule has 0 aliphatic carbocycles. The van der Waals surface area contributed by atoms with Crippen LogP contribution in [0.1, 0.15) is 29.8 Å².